The molecule has 0 fully saturated rings. The zero-order valence-corrected chi connectivity index (χ0v) is 11.5. The van der Waals surface area contributed by atoms with E-state index < -0.39 is 11.0 Å². The third kappa shape index (κ3) is 3.95. The standard InChI is InChI=1S/C13H18N2OS/c1-10(15-17(16)13(2,3)4)12-7-5-11(9-14)6-8-12/h5-8,10,15H,1-4H3/t10-,17-/m1/s1. The van der Waals surface area contributed by atoms with Crippen molar-refractivity contribution in [3.63, 3.8) is 0 Å². The van der Waals surface area contributed by atoms with E-state index in [9.17, 15) is 4.21 Å². The molecule has 0 saturated carbocycles. The van der Waals surface area contributed by atoms with E-state index in [1.54, 1.807) is 12.1 Å². The molecule has 0 saturated heterocycles. The van der Waals surface area contributed by atoms with Crippen molar-refractivity contribution in [2.24, 2.45) is 0 Å². The maximum atomic E-state index is 11.9. The van der Waals surface area contributed by atoms with E-state index in [1.165, 1.54) is 0 Å². The van der Waals surface area contributed by atoms with Gasteiger partial charge in [-0.2, -0.15) is 5.26 Å². The van der Waals surface area contributed by atoms with E-state index in [0.29, 0.717) is 5.56 Å². The Hall–Kier alpha value is -1.18. The predicted molar refractivity (Wildman–Crippen MR) is 70.6 cm³/mol. The summed E-state index contributed by atoms with van der Waals surface area (Å²) in [6.07, 6.45) is 0. The van der Waals surface area contributed by atoms with Gasteiger partial charge < -0.3 is 0 Å². The van der Waals surface area contributed by atoms with Gasteiger partial charge in [0.05, 0.1) is 27.4 Å². The van der Waals surface area contributed by atoms with Crippen LogP contribution in [0.3, 0.4) is 0 Å². The van der Waals surface area contributed by atoms with E-state index in [0.717, 1.165) is 5.56 Å². The molecule has 1 rings (SSSR count). The zero-order chi connectivity index (χ0) is 13.1. The SMILES string of the molecule is C[C@@H](N[S@](=O)C(C)(C)C)c1ccc(C#N)cc1. The van der Waals surface area contributed by atoms with Crippen molar-refractivity contribution >= 4 is 11.0 Å². The van der Waals surface area contributed by atoms with Gasteiger partial charge in [-0.3, -0.25) is 0 Å². The second-order valence-corrected chi connectivity index (χ2v) is 6.95. The highest BCUT2D eigenvalue weighted by molar-refractivity contribution is 7.84. The highest BCUT2D eigenvalue weighted by Gasteiger charge is 2.21. The number of rotatable bonds is 3. The second kappa shape index (κ2) is 5.44. The van der Waals surface area contributed by atoms with E-state index >= 15 is 0 Å². The smallest absolute Gasteiger partial charge is 0.0991 e. The summed E-state index contributed by atoms with van der Waals surface area (Å²) in [7, 11) is -1.09. The van der Waals surface area contributed by atoms with Crippen LogP contribution in [-0.4, -0.2) is 8.96 Å². The first-order chi connectivity index (χ1) is 7.84. The first-order valence-electron chi connectivity index (χ1n) is 5.52. The number of hydrogen-bond acceptors (Lipinski definition) is 2. The molecule has 0 aliphatic rings. The maximum absolute atomic E-state index is 11.9. The van der Waals surface area contributed by atoms with E-state index in [4.69, 9.17) is 5.26 Å². The fourth-order valence-electron chi connectivity index (χ4n) is 1.25. The third-order valence-corrected chi connectivity index (χ3v) is 4.06. The molecular weight excluding hydrogens is 232 g/mol. The van der Waals surface area contributed by atoms with Crippen LogP contribution >= 0.6 is 0 Å². The number of benzene rings is 1. The average Bonchev–Trinajstić information content (AvgIpc) is 2.27. The monoisotopic (exact) mass is 250 g/mol. The Bertz CT molecular complexity index is 440. The second-order valence-electron chi connectivity index (χ2n) is 4.95. The summed E-state index contributed by atoms with van der Waals surface area (Å²) in [5.74, 6) is 0. The molecule has 4 heteroatoms. The summed E-state index contributed by atoms with van der Waals surface area (Å²) in [5, 5.41) is 8.70. The summed E-state index contributed by atoms with van der Waals surface area (Å²) in [5.41, 5.74) is 1.67. The lowest BCUT2D eigenvalue weighted by Crippen LogP contribution is -2.34. The lowest BCUT2D eigenvalue weighted by atomic mass is 10.1. The van der Waals surface area contributed by atoms with Crippen LogP contribution in [0.2, 0.25) is 0 Å². The van der Waals surface area contributed by atoms with E-state index in [-0.39, 0.29) is 10.8 Å². The molecule has 1 N–H and O–H groups in total. The van der Waals surface area contributed by atoms with Crippen LogP contribution in [-0.2, 0) is 11.0 Å². The van der Waals surface area contributed by atoms with Gasteiger partial charge in [0, 0.05) is 6.04 Å². The molecule has 0 unspecified atom stereocenters. The molecule has 2 atom stereocenters. The molecule has 0 amide bonds. The highest BCUT2D eigenvalue weighted by atomic mass is 32.2. The highest BCUT2D eigenvalue weighted by Crippen LogP contribution is 2.17. The molecule has 3 nitrogen and oxygen atoms in total. The topological polar surface area (TPSA) is 52.9 Å². The third-order valence-electron chi connectivity index (χ3n) is 2.38. The molecule has 0 radical (unpaired) electrons. The van der Waals surface area contributed by atoms with Crippen molar-refractivity contribution in [1.29, 1.82) is 5.26 Å². The maximum Gasteiger partial charge on any atom is 0.0991 e. The molecular formula is C13H18N2OS. The molecule has 0 bridgehead atoms. The van der Waals surface area contributed by atoms with Crippen LogP contribution in [0, 0.1) is 11.3 Å². The molecule has 0 heterocycles. The molecule has 1 aromatic rings. The largest absolute Gasteiger partial charge is 0.242 e. The van der Waals surface area contributed by atoms with Crippen molar-refractivity contribution in [2.45, 2.75) is 38.5 Å². The van der Waals surface area contributed by atoms with Crippen molar-refractivity contribution in [1.82, 2.24) is 4.72 Å². The van der Waals surface area contributed by atoms with Crippen molar-refractivity contribution in [2.75, 3.05) is 0 Å². The molecule has 17 heavy (non-hydrogen) atoms. The van der Waals surface area contributed by atoms with Gasteiger partial charge in [-0.1, -0.05) is 12.1 Å². The van der Waals surface area contributed by atoms with Crippen LogP contribution < -0.4 is 4.72 Å². The van der Waals surface area contributed by atoms with Crippen LogP contribution in [0.25, 0.3) is 0 Å². The van der Waals surface area contributed by atoms with Crippen molar-refractivity contribution in [3.8, 4) is 6.07 Å². The molecule has 92 valence electrons. The lowest BCUT2D eigenvalue weighted by Gasteiger charge is -2.22. The van der Waals surface area contributed by atoms with Gasteiger partial charge in [0.25, 0.3) is 0 Å². The normalized spacial score (nSPS) is 15.0. The molecule has 0 spiro atoms. The van der Waals surface area contributed by atoms with E-state index in [1.807, 2.05) is 39.8 Å². The summed E-state index contributed by atoms with van der Waals surface area (Å²) in [6, 6.07) is 9.39. The van der Waals surface area contributed by atoms with Crippen molar-refractivity contribution < 1.29 is 4.21 Å². The fraction of sp³-hybridized carbons (Fsp3) is 0.462. The molecule has 0 aliphatic carbocycles. The predicted octanol–water partition coefficient (Wildman–Crippen LogP) is 2.67. The fourth-order valence-corrected chi connectivity index (χ4v) is 2.06. The van der Waals surface area contributed by atoms with Gasteiger partial charge in [0.2, 0.25) is 0 Å². The minimum atomic E-state index is -1.09. The van der Waals surface area contributed by atoms with Crippen LogP contribution in [0.1, 0.15) is 44.9 Å². The van der Waals surface area contributed by atoms with E-state index in [2.05, 4.69) is 10.8 Å². The summed E-state index contributed by atoms with van der Waals surface area (Å²) in [4.78, 5) is 0. The first kappa shape index (κ1) is 13.9. The Balaban J connectivity index is 2.74. The quantitative estimate of drug-likeness (QED) is 0.896. The van der Waals surface area contributed by atoms with Crippen molar-refractivity contribution in [3.05, 3.63) is 35.4 Å². The average molecular weight is 250 g/mol. The number of nitrogens with one attached hydrogen (secondary N) is 1. The molecule has 1 aromatic carbocycles. The minimum Gasteiger partial charge on any atom is -0.242 e. The van der Waals surface area contributed by atoms with Gasteiger partial charge in [-0.15, -0.1) is 0 Å². The molecule has 0 aromatic heterocycles. The number of nitriles is 1. The van der Waals surface area contributed by atoms with Crippen LogP contribution in [0.15, 0.2) is 24.3 Å². The Kier molecular flexibility index (Phi) is 4.44. The Morgan fingerprint density at radius 3 is 2.24 bits per heavy atom. The first-order valence-corrected chi connectivity index (χ1v) is 6.67. The van der Waals surface area contributed by atoms with Gasteiger partial charge in [0.1, 0.15) is 0 Å². The summed E-state index contributed by atoms with van der Waals surface area (Å²) < 4.78 is 14.7. The summed E-state index contributed by atoms with van der Waals surface area (Å²) >= 11 is 0. The zero-order valence-electron chi connectivity index (χ0n) is 10.7. The van der Waals surface area contributed by atoms with Crippen LogP contribution in [0.5, 0.6) is 0 Å². The minimum absolute atomic E-state index is 0.00259. The van der Waals surface area contributed by atoms with Crippen LogP contribution in [0.4, 0.5) is 0 Å². The lowest BCUT2D eigenvalue weighted by molar-refractivity contribution is 0.616. The van der Waals surface area contributed by atoms with Gasteiger partial charge in [-0.25, -0.2) is 8.93 Å². The van der Waals surface area contributed by atoms with Gasteiger partial charge >= 0.3 is 0 Å². The van der Waals surface area contributed by atoms with Gasteiger partial charge in [0.15, 0.2) is 0 Å². The Labute approximate surface area is 105 Å². The number of hydrogen-bond donors (Lipinski definition) is 1. The molecule has 0 aliphatic heterocycles. The van der Waals surface area contributed by atoms with Gasteiger partial charge in [-0.05, 0) is 45.4 Å². The summed E-state index contributed by atoms with van der Waals surface area (Å²) in [6.45, 7) is 7.76. The number of nitrogens with zero attached hydrogens (tertiary/aromatic N) is 1. The Morgan fingerprint density at radius 2 is 1.82 bits per heavy atom. The Morgan fingerprint density at radius 1 is 1.29 bits per heavy atom.